The van der Waals surface area contributed by atoms with Crippen LogP contribution < -0.4 is 0 Å². The Kier molecular flexibility index (Phi) is 8.77. The third kappa shape index (κ3) is 8.27. The van der Waals surface area contributed by atoms with E-state index in [0.717, 1.165) is 12.7 Å². The molecule has 1 unspecified atom stereocenters. The van der Waals surface area contributed by atoms with Crippen LogP contribution in [0.25, 0.3) is 0 Å². The minimum Gasteiger partial charge on any atom is -0.466 e. The highest BCUT2D eigenvalue weighted by Gasteiger charge is 2.16. The number of esters is 2. The number of ether oxygens (including phenoxy) is 4. The lowest BCUT2D eigenvalue weighted by molar-refractivity contribution is -0.169. The summed E-state index contributed by atoms with van der Waals surface area (Å²) in [7, 11) is 0. The van der Waals surface area contributed by atoms with E-state index < -0.39 is 24.6 Å². The van der Waals surface area contributed by atoms with Crippen LogP contribution in [0.3, 0.4) is 0 Å². The van der Waals surface area contributed by atoms with E-state index in [0.29, 0.717) is 6.61 Å². The predicted molar refractivity (Wildman–Crippen MR) is 58.9 cm³/mol. The van der Waals surface area contributed by atoms with Gasteiger partial charge in [0.25, 0.3) is 0 Å². The van der Waals surface area contributed by atoms with Gasteiger partial charge in [0.05, 0.1) is 6.26 Å². The monoisotopic (exact) mass is 246 g/mol. The zero-order chi connectivity index (χ0) is 13.1. The summed E-state index contributed by atoms with van der Waals surface area (Å²) in [6, 6.07) is 0. The topological polar surface area (TPSA) is 71.1 Å². The summed E-state index contributed by atoms with van der Waals surface area (Å²) >= 11 is 0. The Morgan fingerprint density at radius 1 is 1.35 bits per heavy atom. The van der Waals surface area contributed by atoms with E-state index in [-0.39, 0.29) is 6.79 Å². The maximum atomic E-state index is 11.3. The van der Waals surface area contributed by atoms with Gasteiger partial charge in [0.2, 0.25) is 6.79 Å². The van der Waals surface area contributed by atoms with E-state index in [1.165, 1.54) is 0 Å². The van der Waals surface area contributed by atoms with E-state index >= 15 is 0 Å². The fourth-order valence-electron chi connectivity index (χ4n) is 0.800. The Morgan fingerprint density at radius 3 is 2.65 bits per heavy atom. The highest BCUT2D eigenvalue weighted by molar-refractivity contribution is 5.78. The molecular weight excluding hydrogens is 228 g/mol. The Bertz CT molecular complexity index is 250. The summed E-state index contributed by atoms with van der Waals surface area (Å²) in [6.07, 6.45) is 1.26. The van der Waals surface area contributed by atoms with Gasteiger partial charge >= 0.3 is 11.9 Å². The SMILES string of the molecule is C=COCOC(=O)COC(=O)C(C)OCCC. The third-order valence-electron chi connectivity index (χ3n) is 1.64. The van der Waals surface area contributed by atoms with Crippen molar-refractivity contribution >= 4 is 11.9 Å². The first kappa shape index (κ1) is 15.4. The molecule has 0 saturated carbocycles. The first-order chi connectivity index (χ1) is 8.11. The average molecular weight is 246 g/mol. The molecule has 0 bridgehead atoms. The molecule has 1 atom stereocenters. The maximum Gasteiger partial charge on any atom is 0.347 e. The molecule has 0 radical (unpaired) electrons. The van der Waals surface area contributed by atoms with Gasteiger partial charge in [-0.15, -0.1) is 0 Å². The first-order valence-corrected chi connectivity index (χ1v) is 5.28. The first-order valence-electron chi connectivity index (χ1n) is 5.28. The molecule has 0 heterocycles. The molecule has 0 saturated heterocycles. The van der Waals surface area contributed by atoms with Crippen LogP contribution >= 0.6 is 0 Å². The number of carbonyl (C=O) groups excluding carboxylic acids is 2. The van der Waals surface area contributed by atoms with Crippen molar-refractivity contribution in [2.75, 3.05) is 20.0 Å². The number of rotatable bonds is 9. The molecule has 17 heavy (non-hydrogen) atoms. The van der Waals surface area contributed by atoms with Crippen LogP contribution in [0.4, 0.5) is 0 Å². The second kappa shape index (κ2) is 9.65. The number of carbonyl (C=O) groups is 2. The van der Waals surface area contributed by atoms with E-state index in [9.17, 15) is 9.59 Å². The molecule has 0 aromatic carbocycles. The summed E-state index contributed by atoms with van der Waals surface area (Å²) in [5.41, 5.74) is 0. The van der Waals surface area contributed by atoms with E-state index in [2.05, 4.69) is 20.8 Å². The minimum atomic E-state index is -0.692. The lowest BCUT2D eigenvalue weighted by Gasteiger charge is -2.11. The molecule has 0 aliphatic heterocycles. The van der Waals surface area contributed by atoms with Crippen molar-refractivity contribution in [3.05, 3.63) is 12.8 Å². The molecule has 0 aliphatic carbocycles. The summed E-state index contributed by atoms with van der Waals surface area (Å²) in [4.78, 5) is 22.3. The normalized spacial score (nSPS) is 11.4. The van der Waals surface area contributed by atoms with Gasteiger partial charge in [0.15, 0.2) is 12.7 Å². The maximum absolute atomic E-state index is 11.3. The van der Waals surface area contributed by atoms with Gasteiger partial charge in [-0.3, -0.25) is 0 Å². The molecule has 0 aromatic heterocycles. The molecule has 6 heteroatoms. The molecule has 0 rings (SSSR count). The van der Waals surface area contributed by atoms with Gasteiger partial charge in [-0.25, -0.2) is 9.59 Å². The van der Waals surface area contributed by atoms with Gasteiger partial charge in [-0.2, -0.15) is 0 Å². The van der Waals surface area contributed by atoms with Crippen LogP contribution in [0.5, 0.6) is 0 Å². The van der Waals surface area contributed by atoms with Crippen molar-refractivity contribution in [2.45, 2.75) is 26.4 Å². The van der Waals surface area contributed by atoms with Crippen molar-refractivity contribution in [2.24, 2.45) is 0 Å². The van der Waals surface area contributed by atoms with Gasteiger partial charge in [0.1, 0.15) is 0 Å². The van der Waals surface area contributed by atoms with Crippen LogP contribution in [0, 0.1) is 0 Å². The van der Waals surface area contributed by atoms with Gasteiger partial charge in [-0.1, -0.05) is 13.5 Å². The zero-order valence-electron chi connectivity index (χ0n) is 10.1. The molecule has 0 aliphatic rings. The lowest BCUT2D eigenvalue weighted by atomic mass is 10.4. The number of hydrogen-bond donors (Lipinski definition) is 0. The van der Waals surface area contributed by atoms with E-state index in [1.54, 1.807) is 6.92 Å². The van der Waals surface area contributed by atoms with Crippen LogP contribution in [0.2, 0.25) is 0 Å². The standard InChI is InChI=1S/C11H18O6/c1-4-6-15-9(3)11(13)16-7-10(12)17-8-14-5-2/h5,9H,2,4,6-8H2,1,3H3. The van der Waals surface area contributed by atoms with Crippen LogP contribution in [0.15, 0.2) is 12.8 Å². The van der Waals surface area contributed by atoms with Crippen LogP contribution in [-0.2, 0) is 28.5 Å². The molecule has 0 spiro atoms. The smallest absolute Gasteiger partial charge is 0.347 e. The second-order valence-corrected chi connectivity index (χ2v) is 3.09. The predicted octanol–water partition coefficient (Wildman–Crippen LogP) is 1.01. The van der Waals surface area contributed by atoms with Gasteiger partial charge in [0, 0.05) is 6.61 Å². The second-order valence-electron chi connectivity index (χ2n) is 3.09. The molecule has 98 valence electrons. The quantitative estimate of drug-likeness (QED) is 0.262. The van der Waals surface area contributed by atoms with Crippen molar-refractivity contribution in [3.63, 3.8) is 0 Å². The highest BCUT2D eigenvalue weighted by Crippen LogP contribution is 1.96. The summed E-state index contributed by atoms with van der Waals surface area (Å²) in [5, 5.41) is 0. The number of hydrogen-bond acceptors (Lipinski definition) is 6. The van der Waals surface area contributed by atoms with Gasteiger partial charge < -0.3 is 18.9 Å². The zero-order valence-corrected chi connectivity index (χ0v) is 10.1. The van der Waals surface area contributed by atoms with E-state index in [4.69, 9.17) is 4.74 Å². The third-order valence-corrected chi connectivity index (χ3v) is 1.64. The average Bonchev–Trinajstić information content (AvgIpc) is 2.33. The van der Waals surface area contributed by atoms with Gasteiger partial charge in [-0.05, 0) is 13.3 Å². The fourth-order valence-corrected chi connectivity index (χ4v) is 0.800. The molecule has 0 fully saturated rings. The molecule has 0 aromatic rings. The molecule has 0 amide bonds. The minimum absolute atomic E-state index is 0.248. The summed E-state index contributed by atoms with van der Waals surface area (Å²) in [5.74, 6) is -1.29. The lowest BCUT2D eigenvalue weighted by Crippen LogP contribution is -2.26. The van der Waals surface area contributed by atoms with Crippen LogP contribution in [-0.4, -0.2) is 38.0 Å². The Labute approximate surface area is 100 Å². The summed E-state index contributed by atoms with van der Waals surface area (Å²) < 4.78 is 18.9. The van der Waals surface area contributed by atoms with Crippen molar-refractivity contribution in [1.82, 2.24) is 0 Å². The largest absolute Gasteiger partial charge is 0.466 e. The molecule has 6 nitrogen and oxygen atoms in total. The molecular formula is C11H18O6. The van der Waals surface area contributed by atoms with Crippen molar-refractivity contribution < 1.29 is 28.5 Å². The summed E-state index contributed by atoms with van der Waals surface area (Å²) in [6.45, 7) is 6.51. The highest BCUT2D eigenvalue weighted by atomic mass is 16.7. The Hall–Kier alpha value is -1.56. The van der Waals surface area contributed by atoms with Crippen LogP contribution in [0.1, 0.15) is 20.3 Å². The van der Waals surface area contributed by atoms with Crippen molar-refractivity contribution in [1.29, 1.82) is 0 Å². The molecule has 0 N–H and O–H groups in total. The fraction of sp³-hybridized carbons (Fsp3) is 0.636. The Morgan fingerprint density at radius 2 is 2.06 bits per heavy atom. The Balaban J connectivity index is 3.67. The van der Waals surface area contributed by atoms with E-state index in [1.807, 2.05) is 6.92 Å². The van der Waals surface area contributed by atoms with Crippen molar-refractivity contribution in [3.8, 4) is 0 Å².